The summed E-state index contributed by atoms with van der Waals surface area (Å²) in [6, 6.07) is 16.5. The summed E-state index contributed by atoms with van der Waals surface area (Å²) in [6.07, 6.45) is 2.09. The first-order chi connectivity index (χ1) is 8.74. The molecule has 0 fully saturated rings. The number of fused-ring (bicyclic) bond motifs is 1. The van der Waals surface area contributed by atoms with Crippen LogP contribution in [0.25, 0.3) is 10.9 Å². The minimum absolute atomic E-state index is 0.775. The smallest absolute Gasteiger partial charge is 0.0489 e. The Morgan fingerprint density at radius 3 is 2.56 bits per heavy atom. The SMILES string of the molecule is Cn1ccc2c(Sc3ccc(Cl)cc3)cccc21. The molecule has 3 heteroatoms. The highest BCUT2D eigenvalue weighted by Crippen LogP contribution is 2.34. The topological polar surface area (TPSA) is 4.93 Å². The summed E-state index contributed by atoms with van der Waals surface area (Å²) >= 11 is 7.67. The van der Waals surface area contributed by atoms with E-state index in [4.69, 9.17) is 11.6 Å². The molecule has 1 heterocycles. The molecule has 3 rings (SSSR count). The maximum Gasteiger partial charge on any atom is 0.0489 e. The van der Waals surface area contributed by atoms with Crippen molar-refractivity contribution in [3.8, 4) is 0 Å². The fourth-order valence-electron chi connectivity index (χ4n) is 1.99. The number of rotatable bonds is 2. The van der Waals surface area contributed by atoms with Crippen molar-refractivity contribution in [2.24, 2.45) is 7.05 Å². The van der Waals surface area contributed by atoms with Gasteiger partial charge in [-0.25, -0.2) is 0 Å². The van der Waals surface area contributed by atoms with Gasteiger partial charge in [0.25, 0.3) is 0 Å². The van der Waals surface area contributed by atoms with Crippen LogP contribution in [0.3, 0.4) is 0 Å². The molecule has 1 aromatic heterocycles. The third-order valence-electron chi connectivity index (χ3n) is 2.93. The number of benzene rings is 2. The molecule has 0 atom stereocenters. The highest BCUT2D eigenvalue weighted by atomic mass is 35.5. The van der Waals surface area contributed by atoms with E-state index in [9.17, 15) is 0 Å². The molecule has 0 amide bonds. The van der Waals surface area contributed by atoms with Crippen LogP contribution in [0.15, 0.2) is 64.5 Å². The van der Waals surface area contributed by atoms with Crippen LogP contribution in [0.5, 0.6) is 0 Å². The molecule has 3 aromatic rings. The predicted molar refractivity (Wildman–Crippen MR) is 78.5 cm³/mol. The Hall–Kier alpha value is -1.38. The van der Waals surface area contributed by atoms with Gasteiger partial charge in [0.15, 0.2) is 0 Å². The van der Waals surface area contributed by atoms with E-state index >= 15 is 0 Å². The Kier molecular flexibility index (Phi) is 3.06. The normalized spacial score (nSPS) is 11.0. The molecule has 0 N–H and O–H groups in total. The zero-order valence-electron chi connectivity index (χ0n) is 9.93. The Morgan fingerprint density at radius 1 is 1.00 bits per heavy atom. The van der Waals surface area contributed by atoms with Crippen LogP contribution < -0.4 is 0 Å². The van der Waals surface area contributed by atoms with Crippen LogP contribution in [0, 0.1) is 0 Å². The van der Waals surface area contributed by atoms with Crippen molar-refractivity contribution in [3.63, 3.8) is 0 Å². The van der Waals surface area contributed by atoms with Gasteiger partial charge in [-0.15, -0.1) is 0 Å². The molecule has 1 nitrogen and oxygen atoms in total. The van der Waals surface area contributed by atoms with Crippen molar-refractivity contribution in [3.05, 3.63) is 59.8 Å². The summed E-state index contributed by atoms with van der Waals surface area (Å²) < 4.78 is 2.14. The van der Waals surface area contributed by atoms with Crippen molar-refractivity contribution >= 4 is 34.3 Å². The molecule has 90 valence electrons. The van der Waals surface area contributed by atoms with Crippen molar-refractivity contribution in [1.82, 2.24) is 4.57 Å². The van der Waals surface area contributed by atoms with Gasteiger partial charge in [0.2, 0.25) is 0 Å². The molecule has 0 saturated carbocycles. The number of hydrogen-bond acceptors (Lipinski definition) is 1. The summed E-state index contributed by atoms with van der Waals surface area (Å²) in [5, 5.41) is 2.07. The minimum Gasteiger partial charge on any atom is -0.351 e. The fourth-order valence-corrected chi connectivity index (χ4v) is 3.07. The number of halogens is 1. The van der Waals surface area contributed by atoms with Crippen molar-refractivity contribution < 1.29 is 0 Å². The Labute approximate surface area is 115 Å². The van der Waals surface area contributed by atoms with Crippen LogP contribution in [0.1, 0.15) is 0 Å². The average molecular weight is 274 g/mol. The maximum atomic E-state index is 5.90. The van der Waals surface area contributed by atoms with Gasteiger partial charge in [-0.3, -0.25) is 0 Å². The first kappa shape index (κ1) is 11.7. The molecule has 18 heavy (non-hydrogen) atoms. The summed E-state index contributed by atoms with van der Waals surface area (Å²) in [4.78, 5) is 2.48. The van der Waals surface area contributed by atoms with E-state index in [0.717, 1.165) is 5.02 Å². The molecule has 0 aliphatic carbocycles. The maximum absolute atomic E-state index is 5.90. The van der Waals surface area contributed by atoms with Gasteiger partial charge in [0, 0.05) is 39.0 Å². The van der Waals surface area contributed by atoms with Gasteiger partial charge in [-0.2, -0.15) is 0 Å². The van der Waals surface area contributed by atoms with Gasteiger partial charge in [0.1, 0.15) is 0 Å². The largest absolute Gasteiger partial charge is 0.351 e. The van der Waals surface area contributed by atoms with E-state index in [1.165, 1.54) is 20.7 Å². The second-order valence-corrected chi connectivity index (χ2v) is 5.72. The number of aryl methyl sites for hydroxylation is 1. The molecule has 0 spiro atoms. The van der Waals surface area contributed by atoms with Crippen LogP contribution in [-0.2, 0) is 7.05 Å². The lowest BCUT2D eigenvalue weighted by Crippen LogP contribution is -1.83. The van der Waals surface area contributed by atoms with Crippen molar-refractivity contribution in [2.75, 3.05) is 0 Å². The lowest BCUT2D eigenvalue weighted by atomic mass is 10.2. The molecule has 0 radical (unpaired) electrons. The van der Waals surface area contributed by atoms with Gasteiger partial charge < -0.3 is 4.57 Å². The lowest BCUT2D eigenvalue weighted by molar-refractivity contribution is 0.969. The predicted octanol–water partition coefficient (Wildman–Crippen LogP) is 4.98. The number of aromatic nitrogens is 1. The van der Waals surface area contributed by atoms with E-state index in [0.29, 0.717) is 0 Å². The van der Waals surface area contributed by atoms with Crippen LogP contribution in [0.2, 0.25) is 5.02 Å². The van der Waals surface area contributed by atoms with Crippen LogP contribution in [-0.4, -0.2) is 4.57 Å². The van der Waals surface area contributed by atoms with Gasteiger partial charge in [-0.05, 0) is 42.5 Å². The van der Waals surface area contributed by atoms with Gasteiger partial charge in [-0.1, -0.05) is 29.4 Å². The minimum atomic E-state index is 0.775. The standard InChI is InChI=1S/C15H12ClNS/c1-17-10-9-13-14(17)3-2-4-15(13)18-12-7-5-11(16)6-8-12/h2-10H,1H3. The Morgan fingerprint density at radius 2 is 1.78 bits per heavy atom. The number of nitrogens with zero attached hydrogens (tertiary/aromatic N) is 1. The van der Waals surface area contributed by atoms with Gasteiger partial charge >= 0.3 is 0 Å². The summed E-state index contributed by atoms with van der Waals surface area (Å²) in [6.45, 7) is 0. The molecule has 0 unspecified atom stereocenters. The van der Waals surface area contributed by atoms with E-state index < -0.39 is 0 Å². The Bertz CT molecular complexity index is 685. The van der Waals surface area contributed by atoms with Crippen LogP contribution >= 0.6 is 23.4 Å². The van der Waals surface area contributed by atoms with E-state index in [1.54, 1.807) is 11.8 Å². The molecular weight excluding hydrogens is 262 g/mol. The molecule has 0 saturated heterocycles. The number of hydrogen-bond donors (Lipinski definition) is 0. The molecule has 0 bridgehead atoms. The fraction of sp³-hybridized carbons (Fsp3) is 0.0667. The third-order valence-corrected chi connectivity index (χ3v) is 4.27. The molecule has 2 aromatic carbocycles. The van der Waals surface area contributed by atoms with E-state index in [1.807, 2.05) is 12.1 Å². The quantitative estimate of drug-likeness (QED) is 0.637. The van der Waals surface area contributed by atoms with E-state index in [-0.39, 0.29) is 0 Å². The second-order valence-electron chi connectivity index (χ2n) is 4.17. The van der Waals surface area contributed by atoms with E-state index in [2.05, 4.69) is 54.2 Å². The highest BCUT2D eigenvalue weighted by molar-refractivity contribution is 7.99. The summed E-state index contributed by atoms with van der Waals surface area (Å²) in [7, 11) is 2.07. The molecule has 0 aliphatic heterocycles. The van der Waals surface area contributed by atoms with Crippen LogP contribution in [0.4, 0.5) is 0 Å². The van der Waals surface area contributed by atoms with Crippen molar-refractivity contribution in [2.45, 2.75) is 9.79 Å². The average Bonchev–Trinajstić information content (AvgIpc) is 2.76. The Balaban J connectivity index is 2.02. The monoisotopic (exact) mass is 273 g/mol. The first-order valence-corrected chi connectivity index (χ1v) is 6.91. The lowest BCUT2D eigenvalue weighted by Gasteiger charge is -2.04. The zero-order chi connectivity index (χ0) is 12.5. The van der Waals surface area contributed by atoms with Gasteiger partial charge in [0.05, 0.1) is 0 Å². The second kappa shape index (κ2) is 4.71. The summed E-state index contributed by atoms with van der Waals surface area (Å²) in [5.41, 5.74) is 1.26. The third kappa shape index (κ3) is 2.14. The molecular formula is C15H12ClNS. The van der Waals surface area contributed by atoms with Crippen molar-refractivity contribution in [1.29, 1.82) is 0 Å². The zero-order valence-corrected chi connectivity index (χ0v) is 11.5. The molecule has 0 aliphatic rings. The highest BCUT2D eigenvalue weighted by Gasteiger charge is 2.05. The summed E-state index contributed by atoms with van der Waals surface area (Å²) in [5.74, 6) is 0. The first-order valence-electron chi connectivity index (χ1n) is 5.71.